The van der Waals surface area contributed by atoms with Gasteiger partial charge in [-0.2, -0.15) is 0 Å². The minimum Gasteiger partial charge on any atom is -0.507 e. The molecule has 4 rings (SSSR count). The molecule has 1 N–H and O–H groups in total. The number of hydrogen-bond acceptors (Lipinski definition) is 4. The number of rotatable bonds is 3. The molecule has 0 bridgehead atoms. The van der Waals surface area contributed by atoms with Crippen LogP contribution in [0.5, 0.6) is 0 Å². The molecule has 1 unspecified atom stereocenters. The summed E-state index contributed by atoms with van der Waals surface area (Å²) in [6.07, 6.45) is 1.32. The summed E-state index contributed by atoms with van der Waals surface area (Å²) in [4.78, 5) is 26.4. The summed E-state index contributed by atoms with van der Waals surface area (Å²) in [5.41, 5.74) is -0.414. The van der Waals surface area contributed by atoms with Crippen LogP contribution in [-0.4, -0.2) is 16.8 Å². The maximum atomic E-state index is 14.4. The van der Waals surface area contributed by atoms with E-state index < -0.39 is 35.1 Å². The molecule has 0 spiro atoms. The van der Waals surface area contributed by atoms with Gasteiger partial charge in [0.15, 0.2) is 0 Å². The van der Waals surface area contributed by atoms with Crippen LogP contribution in [0.3, 0.4) is 0 Å². The van der Waals surface area contributed by atoms with E-state index in [0.29, 0.717) is 11.1 Å². The van der Waals surface area contributed by atoms with Crippen molar-refractivity contribution < 1.29 is 27.9 Å². The molecule has 1 saturated heterocycles. The second-order valence-electron chi connectivity index (χ2n) is 6.29. The third kappa shape index (κ3) is 3.19. The molecule has 1 aliphatic heterocycles. The monoisotopic (exact) mass is 415 g/mol. The van der Waals surface area contributed by atoms with Gasteiger partial charge in [-0.15, -0.1) is 0 Å². The second-order valence-corrected chi connectivity index (χ2v) is 6.73. The molecule has 5 nitrogen and oxygen atoms in total. The predicted molar refractivity (Wildman–Crippen MR) is 101 cm³/mol. The third-order valence-corrected chi connectivity index (χ3v) is 4.76. The number of hydrogen-bond donors (Lipinski definition) is 1. The molecule has 1 aliphatic rings. The Morgan fingerprint density at radius 1 is 1.07 bits per heavy atom. The maximum Gasteiger partial charge on any atom is 0.300 e. The van der Waals surface area contributed by atoms with E-state index in [1.807, 2.05) is 0 Å². The van der Waals surface area contributed by atoms with Crippen molar-refractivity contribution in [1.29, 1.82) is 0 Å². The molecule has 1 fully saturated rings. The van der Waals surface area contributed by atoms with Gasteiger partial charge in [0.2, 0.25) is 0 Å². The lowest BCUT2D eigenvalue weighted by Gasteiger charge is -2.23. The lowest BCUT2D eigenvalue weighted by atomic mass is 9.99. The SMILES string of the molecule is O=C1C(=O)N(c2ccc(F)cc2F)C(c2ccco2)/C1=C(/O)c1cccc(Cl)c1. The number of anilines is 1. The van der Waals surface area contributed by atoms with E-state index in [0.717, 1.165) is 17.0 Å². The number of amides is 1. The smallest absolute Gasteiger partial charge is 0.300 e. The van der Waals surface area contributed by atoms with Gasteiger partial charge < -0.3 is 9.52 Å². The average Bonchev–Trinajstić information content (AvgIpc) is 3.29. The molecule has 146 valence electrons. The van der Waals surface area contributed by atoms with E-state index >= 15 is 0 Å². The molecule has 0 saturated carbocycles. The number of aliphatic hydroxyl groups excluding tert-OH is 1. The van der Waals surface area contributed by atoms with Gasteiger partial charge >= 0.3 is 0 Å². The van der Waals surface area contributed by atoms with E-state index in [9.17, 15) is 23.5 Å². The Labute approximate surface area is 168 Å². The minimum atomic E-state index is -1.25. The van der Waals surface area contributed by atoms with Crippen LogP contribution in [0, 0.1) is 11.6 Å². The summed E-state index contributed by atoms with van der Waals surface area (Å²) in [6, 6.07) is 10.4. The molecule has 2 heterocycles. The third-order valence-electron chi connectivity index (χ3n) is 4.52. The van der Waals surface area contributed by atoms with Gasteiger partial charge in [-0.1, -0.05) is 23.7 Å². The molecule has 1 aromatic heterocycles. The van der Waals surface area contributed by atoms with Gasteiger partial charge in [-0.05, 0) is 36.4 Å². The van der Waals surface area contributed by atoms with Crippen molar-refractivity contribution in [1.82, 2.24) is 0 Å². The summed E-state index contributed by atoms with van der Waals surface area (Å²) in [7, 11) is 0. The Morgan fingerprint density at radius 2 is 1.86 bits per heavy atom. The summed E-state index contributed by atoms with van der Waals surface area (Å²) in [5, 5.41) is 11.1. The van der Waals surface area contributed by atoms with Gasteiger partial charge in [0.25, 0.3) is 11.7 Å². The van der Waals surface area contributed by atoms with Crippen molar-refractivity contribution in [2.24, 2.45) is 0 Å². The van der Waals surface area contributed by atoms with Crippen molar-refractivity contribution in [3.05, 3.63) is 94.4 Å². The Balaban J connectivity index is 1.95. The normalized spacial score (nSPS) is 18.4. The number of carbonyl (C=O) groups is 2. The highest BCUT2D eigenvalue weighted by atomic mass is 35.5. The Hall–Kier alpha value is -3.45. The quantitative estimate of drug-likeness (QED) is 0.377. The first-order chi connectivity index (χ1) is 13.9. The molecule has 8 heteroatoms. The molecule has 0 radical (unpaired) electrons. The van der Waals surface area contributed by atoms with Gasteiger partial charge in [0, 0.05) is 16.7 Å². The van der Waals surface area contributed by atoms with Crippen LogP contribution in [0.25, 0.3) is 5.76 Å². The number of halogens is 3. The molecule has 0 aliphatic carbocycles. The maximum absolute atomic E-state index is 14.4. The Kier molecular flexibility index (Phi) is 4.68. The topological polar surface area (TPSA) is 70.8 Å². The molecule has 3 aromatic rings. The lowest BCUT2D eigenvalue weighted by molar-refractivity contribution is -0.132. The summed E-state index contributed by atoms with van der Waals surface area (Å²) in [5.74, 6) is -4.36. The van der Waals surface area contributed by atoms with E-state index in [1.54, 1.807) is 12.1 Å². The van der Waals surface area contributed by atoms with Gasteiger partial charge in [-0.3, -0.25) is 14.5 Å². The number of benzene rings is 2. The molecule has 1 amide bonds. The van der Waals surface area contributed by atoms with E-state index in [1.165, 1.54) is 30.5 Å². The van der Waals surface area contributed by atoms with Crippen molar-refractivity contribution in [2.45, 2.75) is 6.04 Å². The van der Waals surface area contributed by atoms with Crippen LogP contribution in [0.1, 0.15) is 17.4 Å². The highest BCUT2D eigenvalue weighted by molar-refractivity contribution is 6.51. The van der Waals surface area contributed by atoms with Crippen LogP contribution < -0.4 is 4.90 Å². The molecule has 1 atom stereocenters. The Morgan fingerprint density at radius 3 is 2.52 bits per heavy atom. The first-order valence-electron chi connectivity index (χ1n) is 8.44. The van der Waals surface area contributed by atoms with Gasteiger partial charge in [-0.25, -0.2) is 8.78 Å². The number of nitrogens with zero attached hydrogens (tertiary/aromatic N) is 1. The van der Waals surface area contributed by atoms with E-state index in [2.05, 4.69) is 0 Å². The van der Waals surface area contributed by atoms with Gasteiger partial charge in [0.1, 0.15) is 29.2 Å². The van der Waals surface area contributed by atoms with Crippen molar-refractivity contribution >= 4 is 34.7 Å². The second kappa shape index (κ2) is 7.18. The number of furan rings is 1. The van der Waals surface area contributed by atoms with Crippen molar-refractivity contribution in [3.8, 4) is 0 Å². The van der Waals surface area contributed by atoms with Crippen LogP contribution in [-0.2, 0) is 9.59 Å². The van der Waals surface area contributed by atoms with Crippen LogP contribution in [0.2, 0.25) is 5.02 Å². The number of ketones is 1. The largest absolute Gasteiger partial charge is 0.507 e. The first-order valence-corrected chi connectivity index (χ1v) is 8.81. The van der Waals surface area contributed by atoms with E-state index in [4.69, 9.17) is 16.0 Å². The van der Waals surface area contributed by atoms with Crippen LogP contribution >= 0.6 is 11.6 Å². The predicted octanol–water partition coefficient (Wildman–Crippen LogP) is 4.84. The Bertz CT molecular complexity index is 1160. The highest BCUT2D eigenvalue weighted by Gasteiger charge is 2.49. The number of carbonyl (C=O) groups excluding carboxylic acids is 2. The minimum absolute atomic E-state index is 0.122. The standard InChI is InChI=1S/C21H12ClF2NO4/c22-12-4-1-3-11(9-12)19(26)17-18(16-5-2-8-29-16)25(21(28)20(17)27)15-7-6-13(23)10-14(15)24/h1-10,18,26H/b19-17-. The highest BCUT2D eigenvalue weighted by Crippen LogP contribution is 2.43. The molecule has 29 heavy (non-hydrogen) atoms. The molecular weight excluding hydrogens is 404 g/mol. The lowest BCUT2D eigenvalue weighted by Crippen LogP contribution is -2.30. The van der Waals surface area contributed by atoms with Crippen molar-refractivity contribution in [2.75, 3.05) is 4.90 Å². The molecule has 2 aromatic carbocycles. The summed E-state index contributed by atoms with van der Waals surface area (Å²) < 4.78 is 33.2. The zero-order chi connectivity index (χ0) is 20.7. The molecular formula is C21H12ClF2NO4. The van der Waals surface area contributed by atoms with Gasteiger partial charge in [0.05, 0.1) is 17.5 Å². The first kappa shape index (κ1) is 18.9. The zero-order valence-electron chi connectivity index (χ0n) is 14.6. The van der Waals surface area contributed by atoms with Crippen LogP contribution in [0.15, 0.2) is 70.9 Å². The van der Waals surface area contributed by atoms with Crippen molar-refractivity contribution in [3.63, 3.8) is 0 Å². The average molecular weight is 416 g/mol. The zero-order valence-corrected chi connectivity index (χ0v) is 15.4. The fourth-order valence-corrected chi connectivity index (χ4v) is 3.46. The summed E-state index contributed by atoms with van der Waals surface area (Å²) in [6.45, 7) is 0. The number of aliphatic hydroxyl groups is 1. The number of Topliss-reactive ketones (excluding diaryl/α,β-unsaturated/α-hetero) is 1. The van der Waals surface area contributed by atoms with E-state index in [-0.39, 0.29) is 22.6 Å². The van der Waals surface area contributed by atoms with Crippen LogP contribution in [0.4, 0.5) is 14.5 Å². The summed E-state index contributed by atoms with van der Waals surface area (Å²) >= 11 is 5.96. The fourth-order valence-electron chi connectivity index (χ4n) is 3.26. The fraction of sp³-hybridized carbons (Fsp3) is 0.0476.